The van der Waals surface area contributed by atoms with Gasteiger partial charge in [-0.25, -0.2) is 0 Å². The van der Waals surface area contributed by atoms with Crippen LogP contribution in [-0.4, -0.2) is 11.2 Å². The molecule has 14 heavy (non-hydrogen) atoms. The lowest BCUT2D eigenvalue weighted by atomic mass is 10.1. The van der Waals surface area contributed by atoms with Crippen molar-refractivity contribution in [3.8, 4) is 0 Å². The van der Waals surface area contributed by atoms with Crippen LogP contribution >= 0.6 is 11.8 Å². The first kappa shape index (κ1) is 9.59. The van der Waals surface area contributed by atoms with Crippen LogP contribution in [0.5, 0.6) is 0 Å². The highest BCUT2D eigenvalue weighted by Gasteiger charge is 2.29. The number of aryl methyl sites for hydroxylation is 1. The molecule has 1 saturated heterocycles. The molecule has 0 aliphatic carbocycles. The van der Waals surface area contributed by atoms with E-state index >= 15 is 0 Å². The predicted octanol–water partition coefficient (Wildman–Crippen LogP) is 2.25. The molecule has 1 heterocycles. The van der Waals surface area contributed by atoms with Crippen molar-refractivity contribution >= 4 is 17.7 Å². The molecule has 0 radical (unpaired) electrons. The highest BCUT2D eigenvalue weighted by Crippen LogP contribution is 2.35. The summed E-state index contributed by atoms with van der Waals surface area (Å²) in [6.07, 6.45) is 0. The number of hydrogen-bond acceptors (Lipinski definition) is 2. The van der Waals surface area contributed by atoms with Gasteiger partial charge in [-0.1, -0.05) is 29.8 Å². The van der Waals surface area contributed by atoms with Crippen LogP contribution in [-0.2, 0) is 4.79 Å². The van der Waals surface area contributed by atoms with Crippen molar-refractivity contribution in [1.29, 1.82) is 0 Å². The second-order valence-electron chi connectivity index (χ2n) is 3.58. The van der Waals surface area contributed by atoms with Crippen LogP contribution in [0.2, 0.25) is 0 Å². The van der Waals surface area contributed by atoms with E-state index in [9.17, 15) is 4.79 Å². The second-order valence-corrected chi connectivity index (χ2v) is 5.03. The molecule has 1 amide bonds. The number of nitrogens with one attached hydrogen (secondary N) is 1. The maximum atomic E-state index is 11.3. The first-order valence-corrected chi connectivity index (χ1v) is 5.63. The van der Waals surface area contributed by atoms with Gasteiger partial charge < -0.3 is 5.32 Å². The third-order valence-electron chi connectivity index (χ3n) is 2.36. The van der Waals surface area contributed by atoms with Gasteiger partial charge in [0.15, 0.2) is 0 Å². The molecule has 74 valence electrons. The number of thioether (sulfide) groups is 1. The van der Waals surface area contributed by atoms with Crippen LogP contribution < -0.4 is 5.32 Å². The Morgan fingerprint density at radius 2 is 1.93 bits per heavy atom. The minimum absolute atomic E-state index is 0.0707. The van der Waals surface area contributed by atoms with Crippen molar-refractivity contribution < 1.29 is 4.79 Å². The minimum atomic E-state index is 0.0707. The molecule has 0 spiro atoms. The molecule has 0 unspecified atom stereocenters. The lowest BCUT2D eigenvalue weighted by Crippen LogP contribution is -2.22. The number of amides is 1. The van der Waals surface area contributed by atoms with Gasteiger partial charge in [0.05, 0.1) is 5.25 Å². The molecule has 0 bridgehead atoms. The fourth-order valence-electron chi connectivity index (χ4n) is 1.45. The summed E-state index contributed by atoms with van der Waals surface area (Å²) < 4.78 is 0. The molecule has 0 saturated carbocycles. The summed E-state index contributed by atoms with van der Waals surface area (Å²) in [4.78, 5) is 11.3. The summed E-state index contributed by atoms with van der Waals surface area (Å²) in [5, 5.41) is 3.17. The Hall–Kier alpha value is -0.960. The van der Waals surface area contributed by atoms with Gasteiger partial charge in [0.25, 0.3) is 0 Å². The van der Waals surface area contributed by atoms with E-state index in [1.54, 1.807) is 11.8 Å². The van der Waals surface area contributed by atoms with E-state index in [0.717, 1.165) is 0 Å². The Kier molecular flexibility index (Phi) is 2.50. The highest BCUT2D eigenvalue weighted by atomic mass is 32.2. The third-order valence-corrected chi connectivity index (χ3v) is 3.65. The molecular weight excluding hydrogens is 194 g/mol. The first-order chi connectivity index (χ1) is 6.66. The molecule has 0 aromatic heterocycles. The molecule has 1 aromatic rings. The normalized spacial score (nSPS) is 26.3. The number of rotatable bonds is 1. The van der Waals surface area contributed by atoms with Gasteiger partial charge in [-0.05, 0) is 19.4 Å². The van der Waals surface area contributed by atoms with Gasteiger partial charge >= 0.3 is 0 Å². The molecule has 1 N–H and O–H groups in total. The molecule has 3 heteroatoms. The molecule has 2 nitrogen and oxygen atoms in total. The number of carbonyl (C=O) groups is 1. The zero-order valence-electron chi connectivity index (χ0n) is 8.28. The molecule has 2 atom stereocenters. The van der Waals surface area contributed by atoms with Crippen molar-refractivity contribution in [2.45, 2.75) is 24.5 Å². The summed E-state index contributed by atoms with van der Waals surface area (Å²) in [6.45, 7) is 4.00. The topological polar surface area (TPSA) is 29.1 Å². The Bertz CT molecular complexity index is 347. The molecule has 1 aliphatic heterocycles. The van der Waals surface area contributed by atoms with Crippen LogP contribution in [0.15, 0.2) is 24.3 Å². The third kappa shape index (κ3) is 1.77. The second kappa shape index (κ2) is 3.65. The van der Waals surface area contributed by atoms with Gasteiger partial charge in [0.1, 0.15) is 5.37 Å². The van der Waals surface area contributed by atoms with E-state index in [1.165, 1.54) is 11.1 Å². The van der Waals surface area contributed by atoms with Crippen molar-refractivity contribution in [3.05, 3.63) is 35.4 Å². The van der Waals surface area contributed by atoms with Gasteiger partial charge in [0, 0.05) is 0 Å². The Labute approximate surface area is 88.1 Å². The van der Waals surface area contributed by atoms with Crippen molar-refractivity contribution in [3.63, 3.8) is 0 Å². The first-order valence-electron chi connectivity index (χ1n) is 4.69. The maximum absolute atomic E-state index is 11.3. The van der Waals surface area contributed by atoms with E-state index in [0.29, 0.717) is 0 Å². The van der Waals surface area contributed by atoms with E-state index in [4.69, 9.17) is 0 Å². The van der Waals surface area contributed by atoms with Gasteiger partial charge in [-0.3, -0.25) is 4.79 Å². The zero-order chi connectivity index (χ0) is 10.1. The SMILES string of the molecule is Cc1ccc([C@H]2NC(=O)[C@H](C)S2)cc1. The number of carbonyl (C=O) groups excluding carboxylic acids is 1. The summed E-state index contributed by atoms with van der Waals surface area (Å²) >= 11 is 1.67. The Morgan fingerprint density at radius 3 is 2.43 bits per heavy atom. The zero-order valence-corrected chi connectivity index (χ0v) is 9.10. The summed E-state index contributed by atoms with van der Waals surface area (Å²) in [5.74, 6) is 0.139. The van der Waals surface area contributed by atoms with E-state index in [1.807, 2.05) is 6.92 Å². The maximum Gasteiger partial charge on any atom is 0.234 e. The number of hydrogen-bond donors (Lipinski definition) is 1. The van der Waals surface area contributed by atoms with E-state index in [2.05, 4.69) is 36.5 Å². The van der Waals surface area contributed by atoms with E-state index in [-0.39, 0.29) is 16.5 Å². The standard InChI is InChI=1S/C11H13NOS/c1-7-3-5-9(6-4-7)11-12-10(13)8(2)14-11/h3-6,8,11H,1-2H3,(H,12,13)/t8-,11-/m0/s1. The van der Waals surface area contributed by atoms with Crippen LogP contribution in [0.1, 0.15) is 23.4 Å². The average Bonchev–Trinajstić information content (AvgIpc) is 2.48. The smallest absolute Gasteiger partial charge is 0.234 e. The Morgan fingerprint density at radius 1 is 1.29 bits per heavy atom. The molecule has 1 aliphatic rings. The molecule has 2 rings (SSSR count). The van der Waals surface area contributed by atoms with Crippen molar-refractivity contribution in [1.82, 2.24) is 5.32 Å². The van der Waals surface area contributed by atoms with Gasteiger partial charge in [0.2, 0.25) is 5.91 Å². The number of benzene rings is 1. The lowest BCUT2D eigenvalue weighted by Gasteiger charge is -2.09. The monoisotopic (exact) mass is 207 g/mol. The minimum Gasteiger partial charge on any atom is -0.339 e. The predicted molar refractivity (Wildman–Crippen MR) is 59.1 cm³/mol. The molecule has 1 aromatic carbocycles. The average molecular weight is 207 g/mol. The summed E-state index contributed by atoms with van der Waals surface area (Å²) in [7, 11) is 0. The Balaban J connectivity index is 2.17. The fraction of sp³-hybridized carbons (Fsp3) is 0.364. The highest BCUT2D eigenvalue weighted by molar-refractivity contribution is 8.01. The van der Waals surface area contributed by atoms with Gasteiger partial charge in [-0.15, -0.1) is 11.8 Å². The van der Waals surface area contributed by atoms with Crippen molar-refractivity contribution in [2.24, 2.45) is 0 Å². The van der Waals surface area contributed by atoms with Crippen molar-refractivity contribution in [2.75, 3.05) is 0 Å². The lowest BCUT2D eigenvalue weighted by molar-refractivity contribution is -0.119. The fourth-order valence-corrected chi connectivity index (χ4v) is 2.55. The summed E-state index contributed by atoms with van der Waals surface area (Å²) in [5.41, 5.74) is 2.43. The van der Waals surface area contributed by atoms with Gasteiger partial charge in [-0.2, -0.15) is 0 Å². The largest absolute Gasteiger partial charge is 0.339 e. The van der Waals surface area contributed by atoms with Crippen LogP contribution in [0, 0.1) is 6.92 Å². The summed E-state index contributed by atoms with van der Waals surface area (Å²) in [6, 6.07) is 8.30. The quantitative estimate of drug-likeness (QED) is 0.765. The molecule has 1 fully saturated rings. The van der Waals surface area contributed by atoms with Crippen LogP contribution in [0.3, 0.4) is 0 Å². The van der Waals surface area contributed by atoms with Crippen LogP contribution in [0.4, 0.5) is 0 Å². The van der Waals surface area contributed by atoms with E-state index < -0.39 is 0 Å². The van der Waals surface area contributed by atoms with Crippen LogP contribution in [0.25, 0.3) is 0 Å². The molecular formula is C11H13NOS.